The van der Waals surface area contributed by atoms with E-state index in [4.69, 9.17) is 13.6 Å². The SMILES string of the molecule is COc1cc(/C=C/CO[Si](C)(C)C)ccc1O[Si](C)(C)C. The third kappa shape index (κ3) is 7.50. The minimum atomic E-state index is -1.63. The van der Waals surface area contributed by atoms with Gasteiger partial charge in [-0.1, -0.05) is 18.2 Å². The minimum absolute atomic E-state index is 0.658. The fraction of sp³-hybridized carbons (Fsp3) is 0.500. The Kier molecular flexibility index (Phi) is 6.25. The van der Waals surface area contributed by atoms with Gasteiger partial charge >= 0.3 is 0 Å². The number of ether oxygens (including phenoxy) is 1. The van der Waals surface area contributed by atoms with Crippen molar-refractivity contribution in [1.82, 2.24) is 0 Å². The molecule has 1 aromatic rings. The molecule has 0 aliphatic heterocycles. The van der Waals surface area contributed by atoms with Crippen LogP contribution in [0.3, 0.4) is 0 Å². The van der Waals surface area contributed by atoms with E-state index in [2.05, 4.69) is 45.4 Å². The number of rotatable bonds is 7. The van der Waals surface area contributed by atoms with Gasteiger partial charge in [-0.3, -0.25) is 0 Å². The molecule has 0 aromatic heterocycles. The van der Waals surface area contributed by atoms with Crippen LogP contribution in [0.15, 0.2) is 24.3 Å². The summed E-state index contributed by atoms with van der Waals surface area (Å²) < 4.78 is 17.2. The molecule has 118 valence electrons. The highest BCUT2D eigenvalue weighted by Crippen LogP contribution is 2.30. The van der Waals surface area contributed by atoms with Crippen molar-refractivity contribution < 1.29 is 13.6 Å². The lowest BCUT2D eigenvalue weighted by Crippen LogP contribution is -2.29. The largest absolute Gasteiger partial charge is 0.542 e. The predicted molar refractivity (Wildman–Crippen MR) is 95.3 cm³/mol. The Morgan fingerprint density at radius 3 is 2.14 bits per heavy atom. The van der Waals surface area contributed by atoms with Crippen molar-refractivity contribution in [2.24, 2.45) is 0 Å². The average Bonchev–Trinajstić information content (AvgIpc) is 2.33. The molecule has 0 radical (unpaired) electrons. The van der Waals surface area contributed by atoms with E-state index < -0.39 is 16.6 Å². The second-order valence-corrected chi connectivity index (χ2v) is 15.9. The van der Waals surface area contributed by atoms with Crippen molar-refractivity contribution in [2.45, 2.75) is 39.3 Å². The van der Waals surface area contributed by atoms with Crippen LogP contribution in [0.4, 0.5) is 0 Å². The van der Waals surface area contributed by atoms with E-state index in [0.717, 1.165) is 17.1 Å². The number of hydrogen-bond donors (Lipinski definition) is 0. The van der Waals surface area contributed by atoms with Gasteiger partial charge in [-0.2, -0.15) is 0 Å². The van der Waals surface area contributed by atoms with E-state index in [1.165, 1.54) is 0 Å². The number of methoxy groups -OCH3 is 1. The second-order valence-electron chi connectivity index (χ2n) is 6.95. The molecule has 0 fully saturated rings. The third-order valence-corrected chi connectivity index (χ3v) is 4.39. The molecule has 0 heterocycles. The van der Waals surface area contributed by atoms with Gasteiger partial charge in [-0.25, -0.2) is 0 Å². The van der Waals surface area contributed by atoms with Crippen LogP contribution in [0.2, 0.25) is 39.3 Å². The van der Waals surface area contributed by atoms with Gasteiger partial charge in [0.05, 0.1) is 13.7 Å². The Morgan fingerprint density at radius 1 is 0.952 bits per heavy atom. The summed E-state index contributed by atoms with van der Waals surface area (Å²) in [5, 5.41) is 0. The Labute approximate surface area is 131 Å². The molecule has 5 heteroatoms. The first-order chi connectivity index (χ1) is 9.61. The first-order valence-corrected chi connectivity index (χ1v) is 14.1. The quantitative estimate of drug-likeness (QED) is 0.676. The highest BCUT2D eigenvalue weighted by molar-refractivity contribution is 6.70. The molecule has 0 unspecified atom stereocenters. The maximum Gasteiger partial charge on any atom is 0.242 e. The summed E-state index contributed by atoms with van der Waals surface area (Å²) in [5.74, 6) is 1.61. The maximum absolute atomic E-state index is 6.02. The first-order valence-electron chi connectivity index (χ1n) is 7.28. The van der Waals surface area contributed by atoms with Crippen LogP contribution in [0, 0.1) is 0 Å². The Hall–Kier alpha value is -1.05. The topological polar surface area (TPSA) is 27.7 Å². The predicted octanol–water partition coefficient (Wildman–Crippen LogP) is 4.77. The van der Waals surface area contributed by atoms with Gasteiger partial charge in [-0.05, 0) is 57.0 Å². The molecule has 0 atom stereocenters. The fourth-order valence-electron chi connectivity index (χ4n) is 1.68. The normalized spacial score (nSPS) is 12.7. The second kappa shape index (κ2) is 7.29. The van der Waals surface area contributed by atoms with Gasteiger partial charge in [0, 0.05) is 0 Å². The highest BCUT2D eigenvalue weighted by Gasteiger charge is 2.18. The molecular weight excluding hydrogens is 296 g/mol. The van der Waals surface area contributed by atoms with Gasteiger partial charge in [0.2, 0.25) is 8.32 Å². The number of benzene rings is 1. The molecule has 1 rings (SSSR count). The Balaban J connectivity index is 2.76. The van der Waals surface area contributed by atoms with Crippen molar-refractivity contribution in [3.8, 4) is 11.5 Å². The minimum Gasteiger partial charge on any atom is -0.542 e. The van der Waals surface area contributed by atoms with E-state index in [-0.39, 0.29) is 0 Å². The smallest absolute Gasteiger partial charge is 0.242 e. The van der Waals surface area contributed by atoms with Gasteiger partial charge in [0.25, 0.3) is 0 Å². The van der Waals surface area contributed by atoms with Gasteiger partial charge < -0.3 is 13.6 Å². The Morgan fingerprint density at radius 2 is 1.62 bits per heavy atom. The first kappa shape index (κ1) is 18.0. The zero-order valence-corrected chi connectivity index (χ0v) is 16.3. The van der Waals surface area contributed by atoms with Crippen LogP contribution >= 0.6 is 0 Å². The summed E-state index contributed by atoms with van der Waals surface area (Å²) in [6, 6.07) is 6.03. The molecule has 21 heavy (non-hydrogen) atoms. The summed E-state index contributed by atoms with van der Waals surface area (Å²) in [6.45, 7) is 13.7. The summed E-state index contributed by atoms with van der Waals surface area (Å²) in [6.07, 6.45) is 4.10. The molecule has 0 amide bonds. The lowest BCUT2D eigenvalue weighted by Gasteiger charge is -2.21. The van der Waals surface area contributed by atoms with Crippen molar-refractivity contribution in [1.29, 1.82) is 0 Å². The van der Waals surface area contributed by atoms with Crippen molar-refractivity contribution in [3.05, 3.63) is 29.8 Å². The molecule has 0 saturated carbocycles. The van der Waals surface area contributed by atoms with E-state index in [1.54, 1.807) is 7.11 Å². The maximum atomic E-state index is 6.02. The summed E-state index contributed by atoms with van der Waals surface area (Å²) in [5.41, 5.74) is 1.09. The molecule has 0 saturated heterocycles. The molecular formula is C16H28O3Si2. The zero-order valence-electron chi connectivity index (χ0n) is 14.3. The lowest BCUT2D eigenvalue weighted by atomic mass is 10.2. The van der Waals surface area contributed by atoms with Crippen molar-refractivity contribution in [2.75, 3.05) is 13.7 Å². The fourth-order valence-corrected chi connectivity index (χ4v) is 3.11. The van der Waals surface area contributed by atoms with Gasteiger partial charge in [0.1, 0.15) is 5.75 Å². The summed E-state index contributed by atoms with van der Waals surface area (Å²) in [7, 11) is -1.39. The van der Waals surface area contributed by atoms with E-state index in [9.17, 15) is 0 Å². The van der Waals surface area contributed by atoms with Gasteiger partial charge in [0.15, 0.2) is 14.1 Å². The third-order valence-electron chi connectivity index (χ3n) is 2.53. The molecule has 0 aliphatic rings. The van der Waals surface area contributed by atoms with Crippen LogP contribution in [0.25, 0.3) is 6.08 Å². The van der Waals surface area contributed by atoms with Crippen LogP contribution in [0.1, 0.15) is 5.56 Å². The van der Waals surface area contributed by atoms with Gasteiger partial charge in [-0.15, -0.1) is 0 Å². The molecule has 3 nitrogen and oxygen atoms in total. The summed E-state index contributed by atoms with van der Waals surface area (Å²) in [4.78, 5) is 0. The highest BCUT2D eigenvalue weighted by atomic mass is 28.4. The average molecular weight is 325 g/mol. The van der Waals surface area contributed by atoms with Crippen LogP contribution < -0.4 is 9.16 Å². The van der Waals surface area contributed by atoms with Crippen molar-refractivity contribution in [3.63, 3.8) is 0 Å². The Bertz CT molecular complexity index is 485. The zero-order chi connectivity index (χ0) is 16.1. The number of hydrogen-bond acceptors (Lipinski definition) is 3. The van der Waals surface area contributed by atoms with Crippen LogP contribution in [-0.2, 0) is 4.43 Å². The standard InChI is InChI=1S/C16H28O3Si2/c1-17-16-13-14(9-8-12-18-20(2,3)4)10-11-15(16)19-21(5,6)7/h8-11,13H,12H2,1-7H3/b9-8+. The monoisotopic (exact) mass is 324 g/mol. The molecule has 0 bridgehead atoms. The molecule has 0 aliphatic carbocycles. The van der Waals surface area contributed by atoms with E-state index >= 15 is 0 Å². The lowest BCUT2D eigenvalue weighted by molar-refractivity contribution is 0.358. The van der Waals surface area contributed by atoms with E-state index in [0.29, 0.717) is 6.61 Å². The molecule has 0 spiro atoms. The van der Waals surface area contributed by atoms with Crippen LogP contribution in [-0.4, -0.2) is 30.4 Å². The summed E-state index contributed by atoms with van der Waals surface area (Å²) >= 11 is 0. The van der Waals surface area contributed by atoms with E-state index in [1.807, 2.05) is 24.3 Å². The molecule has 0 N–H and O–H groups in total. The van der Waals surface area contributed by atoms with Crippen molar-refractivity contribution >= 4 is 22.7 Å². The van der Waals surface area contributed by atoms with Crippen LogP contribution in [0.5, 0.6) is 11.5 Å². The molecule has 1 aromatic carbocycles.